The van der Waals surface area contributed by atoms with Crippen molar-refractivity contribution in [3.8, 4) is 0 Å². The van der Waals surface area contributed by atoms with Gasteiger partial charge < -0.3 is 15.1 Å². The molecule has 7 heteroatoms. The van der Waals surface area contributed by atoms with Crippen LogP contribution in [0.2, 0.25) is 0 Å². The zero-order valence-electron chi connectivity index (χ0n) is 15.6. The summed E-state index contributed by atoms with van der Waals surface area (Å²) in [5.74, 6) is -1.19. The number of nitrogens with zero attached hydrogens (tertiary/aromatic N) is 2. The Labute approximate surface area is 158 Å². The number of nitrogens with one attached hydrogen (secondary N) is 1. The molecule has 27 heavy (non-hydrogen) atoms. The standard InChI is InChI=1S/C20H26FN3O3/c1-2-15(23-11-5-8-18(23)25)9-10-22-20(27)14-12-19(26)24(13-14)17-7-4-3-6-16(17)21/h3-4,6-7,14-15H,2,5,8-13H2,1H3,(H,22,27). The molecule has 2 aliphatic heterocycles. The topological polar surface area (TPSA) is 69.7 Å². The summed E-state index contributed by atoms with van der Waals surface area (Å²) in [5.41, 5.74) is 0.219. The summed E-state index contributed by atoms with van der Waals surface area (Å²) in [6.45, 7) is 3.49. The zero-order valence-corrected chi connectivity index (χ0v) is 15.6. The van der Waals surface area contributed by atoms with Gasteiger partial charge in [-0.15, -0.1) is 0 Å². The van der Waals surface area contributed by atoms with Crippen molar-refractivity contribution in [2.45, 2.75) is 45.1 Å². The molecule has 0 saturated carbocycles. The van der Waals surface area contributed by atoms with E-state index >= 15 is 0 Å². The van der Waals surface area contributed by atoms with Gasteiger partial charge in [-0.3, -0.25) is 14.4 Å². The van der Waals surface area contributed by atoms with Crippen molar-refractivity contribution in [3.63, 3.8) is 0 Å². The molecule has 1 aromatic carbocycles. The lowest BCUT2D eigenvalue weighted by Gasteiger charge is -2.27. The molecular weight excluding hydrogens is 349 g/mol. The highest BCUT2D eigenvalue weighted by molar-refractivity contribution is 6.00. The third-order valence-corrected chi connectivity index (χ3v) is 5.44. The molecule has 2 fully saturated rings. The Kier molecular flexibility index (Phi) is 6.08. The largest absolute Gasteiger partial charge is 0.356 e. The molecule has 0 radical (unpaired) electrons. The lowest BCUT2D eigenvalue weighted by atomic mass is 10.1. The van der Waals surface area contributed by atoms with Gasteiger partial charge in [-0.25, -0.2) is 4.39 Å². The molecule has 0 spiro atoms. The van der Waals surface area contributed by atoms with Crippen molar-refractivity contribution in [3.05, 3.63) is 30.1 Å². The number of hydrogen-bond donors (Lipinski definition) is 1. The van der Waals surface area contributed by atoms with Gasteiger partial charge >= 0.3 is 0 Å². The molecule has 6 nitrogen and oxygen atoms in total. The molecule has 2 unspecified atom stereocenters. The number of halogens is 1. The van der Waals surface area contributed by atoms with Crippen LogP contribution in [0.5, 0.6) is 0 Å². The lowest BCUT2D eigenvalue weighted by molar-refractivity contribution is -0.129. The predicted octanol–water partition coefficient (Wildman–Crippen LogP) is 2.09. The maximum absolute atomic E-state index is 13.9. The molecule has 146 valence electrons. The van der Waals surface area contributed by atoms with Gasteiger partial charge in [-0.1, -0.05) is 19.1 Å². The molecule has 3 rings (SSSR count). The first-order chi connectivity index (χ1) is 13.0. The van der Waals surface area contributed by atoms with E-state index in [1.165, 1.54) is 11.0 Å². The Morgan fingerprint density at radius 2 is 2.07 bits per heavy atom. The Hall–Kier alpha value is -2.44. The van der Waals surface area contributed by atoms with Gasteiger partial charge in [0.15, 0.2) is 0 Å². The Morgan fingerprint density at radius 3 is 2.74 bits per heavy atom. The molecule has 0 aromatic heterocycles. The van der Waals surface area contributed by atoms with Gasteiger partial charge in [0.05, 0.1) is 11.6 Å². The van der Waals surface area contributed by atoms with Crippen LogP contribution in [0, 0.1) is 11.7 Å². The monoisotopic (exact) mass is 375 g/mol. The number of amides is 3. The highest BCUT2D eigenvalue weighted by Gasteiger charge is 2.36. The van der Waals surface area contributed by atoms with Crippen molar-refractivity contribution in [2.75, 3.05) is 24.5 Å². The first kappa shape index (κ1) is 19.3. The van der Waals surface area contributed by atoms with E-state index in [4.69, 9.17) is 0 Å². The van der Waals surface area contributed by atoms with Crippen LogP contribution in [0.15, 0.2) is 24.3 Å². The minimum Gasteiger partial charge on any atom is -0.356 e. The van der Waals surface area contributed by atoms with Crippen molar-refractivity contribution in [1.29, 1.82) is 0 Å². The summed E-state index contributed by atoms with van der Waals surface area (Å²) in [7, 11) is 0. The fourth-order valence-electron chi connectivity index (χ4n) is 3.93. The van der Waals surface area contributed by atoms with Crippen LogP contribution in [0.25, 0.3) is 0 Å². The SMILES string of the molecule is CCC(CCNC(=O)C1CC(=O)N(c2ccccc2F)C1)N1CCCC1=O. The van der Waals surface area contributed by atoms with Crippen molar-refractivity contribution in [2.24, 2.45) is 5.92 Å². The Morgan fingerprint density at radius 1 is 1.30 bits per heavy atom. The summed E-state index contributed by atoms with van der Waals surface area (Å²) in [6, 6.07) is 6.23. The average molecular weight is 375 g/mol. The van der Waals surface area contributed by atoms with E-state index in [1.54, 1.807) is 18.2 Å². The summed E-state index contributed by atoms with van der Waals surface area (Å²) in [5, 5.41) is 2.89. The van der Waals surface area contributed by atoms with Crippen LogP contribution >= 0.6 is 0 Å². The fraction of sp³-hybridized carbons (Fsp3) is 0.550. The number of carbonyl (C=O) groups excluding carboxylic acids is 3. The molecule has 3 amide bonds. The smallest absolute Gasteiger partial charge is 0.227 e. The summed E-state index contributed by atoms with van der Waals surface area (Å²) >= 11 is 0. The number of hydrogen-bond acceptors (Lipinski definition) is 3. The number of carbonyl (C=O) groups is 3. The van der Waals surface area contributed by atoms with Gasteiger partial charge in [0.2, 0.25) is 17.7 Å². The second kappa shape index (κ2) is 8.50. The highest BCUT2D eigenvalue weighted by Crippen LogP contribution is 2.27. The Balaban J connectivity index is 1.51. The van der Waals surface area contributed by atoms with E-state index in [2.05, 4.69) is 5.32 Å². The van der Waals surface area contributed by atoms with Crippen molar-refractivity contribution in [1.82, 2.24) is 10.2 Å². The molecule has 2 heterocycles. The minimum absolute atomic E-state index is 0.0853. The number of benzene rings is 1. The second-order valence-electron chi connectivity index (χ2n) is 7.19. The second-order valence-corrected chi connectivity index (χ2v) is 7.19. The number of anilines is 1. The summed E-state index contributed by atoms with van der Waals surface area (Å²) in [6.07, 6.45) is 3.15. The highest BCUT2D eigenvalue weighted by atomic mass is 19.1. The fourth-order valence-corrected chi connectivity index (χ4v) is 3.93. The molecule has 0 bridgehead atoms. The van der Waals surface area contributed by atoms with E-state index in [9.17, 15) is 18.8 Å². The predicted molar refractivity (Wildman–Crippen MR) is 99.5 cm³/mol. The van der Waals surface area contributed by atoms with Gasteiger partial charge in [0.25, 0.3) is 0 Å². The molecule has 1 aromatic rings. The molecule has 1 N–H and O–H groups in total. The lowest BCUT2D eigenvalue weighted by Crippen LogP contribution is -2.40. The first-order valence-corrected chi connectivity index (χ1v) is 9.63. The average Bonchev–Trinajstić information content (AvgIpc) is 3.25. The number of rotatable bonds is 7. The van der Waals surface area contributed by atoms with Crippen molar-refractivity contribution < 1.29 is 18.8 Å². The van der Waals surface area contributed by atoms with E-state index < -0.39 is 11.7 Å². The third-order valence-electron chi connectivity index (χ3n) is 5.44. The van der Waals surface area contributed by atoms with Gasteiger partial charge in [-0.05, 0) is 31.4 Å². The van der Waals surface area contributed by atoms with Crippen LogP contribution in [0.3, 0.4) is 0 Å². The van der Waals surface area contributed by atoms with Crippen LogP contribution in [0.1, 0.15) is 39.0 Å². The van der Waals surface area contributed by atoms with E-state index in [1.807, 2.05) is 11.8 Å². The van der Waals surface area contributed by atoms with E-state index in [-0.39, 0.29) is 42.4 Å². The quantitative estimate of drug-likeness (QED) is 0.793. The van der Waals surface area contributed by atoms with Gasteiger partial charge in [-0.2, -0.15) is 0 Å². The van der Waals surface area contributed by atoms with Gasteiger partial charge in [0, 0.05) is 38.5 Å². The summed E-state index contributed by atoms with van der Waals surface area (Å²) in [4.78, 5) is 39.8. The molecule has 2 saturated heterocycles. The maximum atomic E-state index is 13.9. The zero-order chi connectivity index (χ0) is 19.4. The van der Waals surface area contributed by atoms with E-state index in [0.29, 0.717) is 19.4 Å². The third kappa shape index (κ3) is 4.28. The molecule has 0 aliphatic carbocycles. The van der Waals surface area contributed by atoms with Crippen molar-refractivity contribution >= 4 is 23.4 Å². The molecule has 2 aliphatic rings. The Bertz CT molecular complexity index is 724. The van der Waals surface area contributed by atoms with Gasteiger partial charge in [0.1, 0.15) is 5.82 Å². The molecular formula is C20H26FN3O3. The maximum Gasteiger partial charge on any atom is 0.227 e. The summed E-state index contributed by atoms with van der Waals surface area (Å²) < 4.78 is 13.9. The minimum atomic E-state index is -0.481. The van der Waals surface area contributed by atoms with Crippen LogP contribution in [0.4, 0.5) is 10.1 Å². The molecule has 2 atom stereocenters. The number of para-hydroxylation sites is 1. The first-order valence-electron chi connectivity index (χ1n) is 9.63. The van der Waals surface area contributed by atoms with Crippen LogP contribution < -0.4 is 10.2 Å². The number of likely N-dealkylation sites (tertiary alicyclic amines) is 1. The normalized spacial score (nSPS) is 21.0. The van der Waals surface area contributed by atoms with E-state index in [0.717, 1.165) is 19.4 Å². The van der Waals surface area contributed by atoms with Crippen LogP contribution in [-0.4, -0.2) is 48.3 Å². The van der Waals surface area contributed by atoms with Crippen LogP contribution in [-0.2, 0) is 14.4 Å².